The molecule has 0 bridgehead atoms. The fourth-order valence-corrected chi connectivity index (χ4v) is 2.46. The van der Waals surface area contributed by atoms with E-state index >= 15 is 0 Å². The zero-order valence-electron chi connectivity index (χ0n) is 11.0. The van der Waals surface area contributed by atoms with Gasteiger partial charge in [-0.1, -0.05) is 35.4 Å². The van der Waals surface area contributed by atoms with Crippen LogP contribution in [0.5, 0.6) is 0 Å². The van der Waals surface area contributed by atoms with Crippen molar-refractivity contribution in [3.63, 3.8) is 0 Å². The molecule has 0 fully saturated rings. The fourth-order valence-electron chi connectivity index (χ4n) is 1.95. The summed E-state index contributed by atoms with van der Waals surface area (Å²) in [7, 11) is 1.86. The van der Waals surface area contributed by atoms with Crippen molar-refractivity contribution in [1.29, 1.82) is 0 Å². The first-order chi connectivity index (χ1) is 10.0. The molecule has 0 unspecified atom stereocenters. The van der Waals surface area contributed by atoms with E-state index in [1.54, 1.807) is 29.1 Å². The molecule has 0 aliphatic carbocycles. The summed E-state index contributed by atoms with van der Waals surface area (Å²) in [6.07, 6.45) is 3.67. The Morgan fingerprint density at radius 2 is 1.95 bits per heavy atom. The fraction of sp³-hybridized carbons (Fsp3) is 0.0714. The molecule has 3 aromatic rings. The van der Waals surface area contributed by atoms with E-state index in [0.29, 0.717) is 20.5 Å². The summed E-state index contributed by atoms with van der Waals surface area (Å²) in [6.45, 7) is 0. The van der Waals surface area contributed by atoms with Crippen LogP contribution in [0.1, 0.15) is 0 Å². The molecule has 0 spiro atoms. The average Bonchev–Trinajstić information content (AvgIpc) is 2.88. The molecule has 21 heavy (non-hydrogen) atoms. The van der Waals surface area contributed by atoms with Crippen LogP contribution >= 0.6 is 35.4 Å². The molecule has 4 nitrogen and oxygen atoms in total. The van der Waals surface area contributed by atoms with E-state index in [0.717, 1.165) is 16.8 Å². The zero-order valence-corrected chi connectivity index (χ0v) is 13.3. The minimum absolute atomic E-state index is 0.474. The van der Waals surface area contributed by atoms with E-state index in [9.17, 15) is 0 Å². The maximum absolute atomic E-state index is 6.05. The van der Waals surface area contributed by atoms with E-state index in [1.165, 1.54) is 0 Å². The minimum Gasteiger partial charge on any atom is -0.339 e. The number of hydrogen-bond acceptors (Lipinski definition) is 3. The summed E-state index contributed by atoms with van der Waals surface area (Å²) in [5.74, 6) is 0.639. The van der Waals surface area contributed by atoms with Crippen molar-refractivity contribution < 1.29 is 0 Å². The number of aromatic nitrogens is 4. The van der Waals surface area contributed by atoms with Crippen LogP contribution in [0.15, 0.2) is 36.7 Å². The number of halogens is 2. The highest BCUT2D eigenvalue weighted by molar-refractivity contribution is 7.71. The van der Waals surface area contributed by atoms with Gasteiger partial charge in [-0.15, -0.1) is 0 Å². The van der Waals surface area contributed by atoms with Crippen LogP contribution in [-0.4, -0.2) is 19.7 Å². The van der Waals surface area contributed by atoms with Gasteiger partial charge in [0.15, 0.2) is 0 Å². The largest absolute Gasteiger partial charge is 0.339 e. The second-order valence-corrected chi connectivity index (χ2v) is 5.75. The first-order valence-corrected chi connectivity index (χ1v) is 7.25. The molecular formula is C14H10Cl2N4S. The highest BCUT2D eigenvalue weighted by Crippen LogP contribution is 2.28. The molecule has 1 aromatic carbocycles. The lowest BCUT2D eigenvalue weighted by molar-refractivity contribution is 0.768. The van der Waals surface area contributed by atoms with Gasteiger partial charge < -0.3 is 4.98 Å². The zero-order chi connectivity index (χ0) is 15.0. The molecule has 0 radical (unpaired) electrons. The van der Waals surface area contributed by atoms with Crippen LogP contribution in [0.25, 0.3) is 22.6 Å². The maximum atomic E-state index is 6.05. The summed E-state index contributed by atoms with van der Waals surface area (Å²) in [5.41, 5.74) is 2.61. The average molecular weight is 337 g/mol. The standard InChI is InChI=1S/C14H10Cl2N4S/c1-20-7-9(6-17-20)12-5-13(21)19-14(18-12)8-2-3-10(15)11(16)4-8/h2-7H,1H3,(H,18,19,21). The van der Waals surface area contributed by atoms with Gasteiger partial charge in [-0.05, 0) is 24.3 Å². The predicted molar refractivity (Wildman–Crippen MR) is 87.1 cm³/mol. The van der Waals surface area contributed by atoms with Gasteiger partial charge in [0.25, 0.3) is 0 Å². The Balaban J connectivity index is 2.13. The number of aromatic amines is 1. The highest BCUT2D eigenvalue weighted by atomic mass is 35.5. The van der Waals surface area contributed by atoms with Crippen LogP contribution in [0.4, 0.5) is 0 Å². The number of rotatable bonds is 2. The first kappa shape index (κ1) is 14.3. The summed E-state index contributed by atoms with van der Waals surface area (Å²) < 4.78 is 2.22. The molecule has 1 N–H and O–H groups in total. The maximum Gasteiger partial charge on any atom is 0.139 e. The third kappa shape index (κ3) is 3.00. The van der Waals surface area contributed by atoms with Crippen LogP contribution in [-0.2, 0) is 7.05 Å². The molecule has 0 saturated heterocycles. The SMILES string of the molecule is Cn1cc(-c2cc(=S)nc(-c3ccc(Cl)c(Cl)c3)[nH]2)cn1. The van der Waals surface area contributed by atoms with Gasteiger partial charge in [-0.3, -0.25) is 4.68 Å². The second kappa shape index (κ2) is 5.60. The summed E-state index contributed by atoms with van der Waals surface area (Å²) in [5, 5.41) is 5.13. The molecule has 2 heterocycles. The quantitative estimate of drug-likeness (QED) is 0.700. The smallest absolute Gasteiger partial charge is 0.139 e. The Bertz CT molecular complexity index is 869. The summed E-state index contributed by atoms with van der Waals surface area (Å²) in [6, 6.07) is 7.13. The number of aryl methyl sites for hydroxylation is 1. The molecule has 3 rings (SSSR count). The lowest BCUT2D eigenvalue weighted by atomic mass is 10.2. The van der Waals surface area contributed by atoms with Gasteiger partial charge in [0, 0.05) is 24.4 Å². The van der Waals surface area contributed by atoms with Crippen molar-refractivity contribution in [2.45, 2.75) is 0 Å². The lowest BCUT2D eigenvalue weighted by Gasteiger charge is -2.06. The predicted octanol–water partition coefficient (Wildman–Crippen LogP) is 4.51. The van der Waals surface area contributed by atoms with E-state index in [-0.39, 0.29) is 0 Å². The lowest BCUT2D eigenvalue weighted by Crippen LogP contribution is -1.92. The molecule has 0 aliphatic heterocycles. The Kier molecular flexibility index (Phi) is 3.80. The van der Waals surface area contributed by atoms with Crippen LogP contribution in [0, 0.1) is 4.64 Å². The van der Waals surface area contributed by atoms with Crippen molar-refractivity contribution in [3.8, 4) is 22.6 Å². The summed E-state index contributed by atoms with van der Waals surface area (Å²) in [4.78, 5) is 7.58. The highest BCUT2D eigenvalue weighted by Gasteiger charge is 2.07. The monoisotopic (exact) mass is 336 g/mol. The van der Waals surface area contributed by atoms with Gasteiger partial charge in [0.1, 0.15) is 10.5 Å². The molecule has 0 aliphatic rings. The normalized spacial score (nSPS) is 10.8. The Morgan fingerprint density at radius 1 is 1.14 bits per heavy atom. The van der Waals surface area contributed by atoms with Crippen molar-refractivity contribution >= 4 is 35.4 Å². The molecule has 106 valence electrons. The van der Waals surface area contributed by atoms with Gasteiger partial charge in [0.2, 0.25) is 0 Å². The number of H-pyrrole nitrogens is 1. The van der Waals surface area contributed by atoms with Crippen molar-refractivity contribution in [2.24, 2.45) is 7.05 Å². The topological polar surface area (TPSA) is 46.5 Å². The van der Waals surface area contributed by atoms with Crippen molar-refractivity contribution in [3.05, 3.63) is 51.3 Å². The van der Waals surface area contributed by atoms with E-state index in [1.807, 2.05) is 19.3 Å². The molecule has 2 aromatic heterocycles. The van der Waals surface area contributed by atoms with Crippen LogP contribution < -0.4 is 0 Å². The Hall–Kier alpha value is -1.69. The third-order valence-electron chi connectivity index (χ3n) is 2.95. The van der Waals surface area contributed by atoms with Gasteiger partial charge in [-0.2, -0.15) is 5.10 Å². The molecule has 0 amide bonds. The van der Waals surface area contributed by atoms with Crippen molar-refractivity contribution in [2.75, 3.05) is 0 Å². The molecular weight excluding hydrogens is 327 g/mol. The number of benzene rings is 1. The molecule has 7 heteroatoms. The molecule has 0 atom stereocenters. The Morgan fingerprint density at radius 3 is 2.62 bits per heavy atom. The van der Waals surface area contributed by atoms with Crippen LogP contribution in [0.2, 0.25) is 10.0 Å². The number of nitrogens with one attached hydrogen (secondary N) is 1. The van der Waals surface area contributed by atoms with Gasteiger partial charge >= 0.3 is 0 Å². The first-order valence-electron chi connectivity index (χ1n) is 6.09. The molecule has 0 saturated carbocycles. The Labute approximate surface area is 136 Å². The van der Waals surface area contributed by atoms with E-state index < -0.39 is 0 Å². The number of hydrogen-bond donors (Lipinski definition) is 1. The van der Waals surface area contributed by atoms with E-state index in [2.05, 4.69) is 15.1 Å². The van der Waals surface area contributed by atoms with Gasteiger partial charge in [-0.25, -0.2) is 4.98 Å². The van der Waals surface area contributed by atoms with Crippen LogP contribution in [0.3, 0.4) is 0 Å². The van der Waals surface area contributed by atoms with Crippen molar-refractivity contribution in [1.82, 2.24) is 19.7 Å². The summed E-state index contributed by atoms with van der Waals surface area (Å²) >= 11 is 17.2. The van der Waals surface area contributed by atoms with E-state index in [4.69, 9.17) is 35.4 Å². The van der Waals surface area contributed by atoms with Gasteiger partial charge in [0.05, 0.1) is 21.9 Å². The minimum atomic E-state index is 0.474. The third-order valence-corrected chi connectivity index (χ3v) is 3.90. The number of nitrogens with zero attached hydrogens (tertiary/aromatic N) is 3. The second-order valence-electron chi connectivity index (χ2n) is 4.51.